The van der Waals surface area contributed by atoms with Crippen molar-refractivity contribution < 1.29 is 4.74 Å². The van der Waals surface area contributed by atoms with Crippen LogP contribution in [0.3, 0.4) is 0 Å². The fourth-order valence-corrected chi connectivity index (χ4v) is 10.8. The van der Waals surface area contributed by atoms with Gasteiger partial charge in [0.15, 0.2) is 0 Å². The average Bonchev–Trinajstić information content (AvgIpc) is 3.89. The third-order valence-electron chi connectivity index (χ3n) is 11.8. The van der Waals surface area contributed by atoms with E-state index in [-0.39, 0.29) is 10.8 Å². The third-order valence-corrected chi connectivity index (χ3v) is 14.1. The van der Waals surface area contributed by atoms with Crippen molar-refractivity contribution in [1.29, 1.82) is 0 Å². The predicted molar refractivity (Wildman–Crippen MR) is 267 cm³/mol. The molecule has 5 nitrogen and oxygen atoms in total. The molecule has 0 bridgehead atoms. The minimum Gasteiger partial charge on any atom is -0.0622 e. The Balaban J connectivity index is 1.00. The maximum absolute atomic E-state index is 6.70. The molecule has 3 aromatic heterocycles. The average molecular weight is 935 g/mol. The molecular weight excluding hydrogens is 884 g/mol. The van der Waals surface area contributed by atoms with Crippen molar-refractivity contribution in [2.24, 2.45) is 0 Å². The maximum Gasteiger partial charge on any atom is 0.00611 e. The second kappa shape index (κ2) is 16.3. The summed E-state index contributed by atoms with van der Waals surface area (Å²) in [5.41, 5.74) is 13.3. The summed E-state index contributed by atoms with van der Waals surface area (Å²) in [6.07, 6.45) is 0. The molecule has 10 aromatic rings. The van der Waals surface area contributed by atoms with Crippen LogP contribution in [-0.2, 0) is 10.8 Å². The fourth-order valence-electron chi connectivity index (χ4n) is 8.60. The summed E-state index contributed by atoms with van der Waals surface area (Å²) in [6.45, 7) is 13.7. The zero-order valence-corrected chi connectivity index (χ0v) is 38.9. The van der Waals surface area contributed by atoms with E-state index in [4.69, 9.17) is 9.72 Å². The van der Waals surface area contributed by atoms with E-state index in [1.54, 1.807) is 0 Å². The number of ether oxygens (including phenoxy) is 1. The van der Waals surface area contributed by atoms with E-state index < -0.39 is 20.4 Å². The van der Waals surface area contributed by atoms with Gasteiger partial charge in [0.2, 0.25) is 0 Å². The summed E-state index contributed by atoms with van der Waals surface area (Å²) >= 11 is -0.474. The monoisotopic (exact) mass is 936 g/mol. The first kappa shape index (κ1) is 40.5. The Morgan fingerprint density at radius 3 is 1.81 bits per heavy atom. The molecule has 0 atom stereocenters. The van der Waals surface area contributed by atoms with E-state index >= 15 is 0 Å². The Hall–Kier alpha value is -6.58. The van der Waals surface area contributed by atoms with Gasteiger partial charge >= 0.3 is 208 Å². The molecular formula is C57H50N4OTe. The van der Waals surface area contributed by atoms with Crippen LogP contribution in [0.2, 0.25) is 0 Å². The number of hydrogen-bond acceptors (Lipinski definition) is 4. The molecule has 310 valence electrons. The number of hydrogen-bond donors (Lipinski definition) is 2. The van der Waals surface area contributed by atoms with Gasteiger partial charge in [-0.1, -0.05) is 93.6 Å². The molecule has 63 heavy (non-hydrogen) atoms. The molecule has 3 heterocycles. The van der Waals surface area contributed by atoms with Crippen molar-refractivity contribution in [2.75, 3.05) is 10.6 Å². The van der Waals surface area contributed by atoms with Gasteiger partial charge in [-0.3, -0.25) is 0 Å². The second-order valence-corrected chi connectivity index (χ2v) is 20.9. The van der Waals surface area contributed by atoms with Crippen LogP contribution in [0.4, 0.5) is 22.7 Å². The molecule has 0 saturated carbocycles. The molecule has 0 aliphatic heterocycles. The SMILES string of the molecule is CC(C)(C)c1cc(-c2ccccc2)c(Nc2ccccc2Nc2cccc(Oc3ccc4c5ccccc5n(-c5cc(C(C)(C)C)c6cc[te]c6n5)c4c3)c2)c(-c2ccccc2)c1. The molecule has 6 heteroatoms. The van der Waals surface area contributed by atoms with Crippen molar-refractivity contribution in [3.8, 4) is 39.6 Å². The topological polar surface area (TPSA) is 51.1 Å². The Kier molecular flexibility index (Phi) is 10.5. The van der Waals surface area contributed by atoms with Crippen molar-refractivity contribution in [3.05, 3.63) is 191 Å². The van der Waals surface area contributed by atoms with E-state index in [0.717, 1.165) is 73.4 Å². The Morgan fingerprint density at radius 2 is 1.13 bits per heavy atom. The van der Waals surface area contributed by atoms with Crippen LogP contribution in [0.1, 0.15) is 52.7 Å². The van der Waals surface area contributed by atoms with Gasteiger partial charge in [0.1, 0.15) is 0 Å². The van der Waals surface area contributed by atoms with Crippen LogP contribution in [0.15, 0.2) is 180 Å². The van der Waals surface area contributed by atoms with Gasteiger partial charge in [-0.2, -0.15) is 0 Å². The zero-order valence-electron chi connectivity index (χ0n) is 36.5. The van der Waals surface area contributed by atoms with Crippen molar-refractivity contribution >= 4 is 73.9 Å². The standard InChI is InChI=1S/C57H50N4OTe/c1-56(2,3)39-32-46(37-18-9-7-10-19-37)54(47(33-39)38-20-11-8-12-21-38)59-50-26-15-14-25-49(50)58-40-22-17-23-41(34-40)62-42-28-29-44-43-24-13-16-27-51(43)61(52(44)35-42)53-36-48(57(4,5)6)45-30-31-63-55(45)60-53/h7-36,58-59H,1-6H3. The third kappa shape index (κ3) is 8.02. The molecule has 0 fully saturated rings. The van der Waals surface area contributed by atoms with E-state index in [0.29, 0.717) is 0 Å². The summed E-state index contributed by atoms with van der Waals surface area (Å²) in [4.78, 5) is 5.33. The van der Waals surface area contributed by atoms with Crippen LogP contribution in [0, 0.1) is 0 Å². The van der Waals surface area contributed by atoms with Gasteiger partial charge < -0.3 is 5.32 Å². The molecule has 0 radical (unpaired) electrons. The van der Waals surface area contributed by atoms with Crippen LogP contribution in [-0.4, -0.2) is 30.0 Å². The first-order valence-electron chi connectivity index (χ1n) is 21.6. The molecule has 0 saturated heterocycles. The molecule has 7 aromatic carbocycles. The second-order valence-electron chi connectivity index (χ2n) is 18.3. The molecule has 0 amide bonds. The van der Waals surface area contributed by atoms with E-state index in [9.17, 15) is 0 Å². The Labute approximate surface area is 379 Å². The molecule has 10 rings (SSSR count). The summed E-state index contributed by atoms with van der Waals surface area (Å²) in [6, 6.07) is 62.3. The largest absolute Gasteiger partial charge is 0.0622 e. The normalized spacial score (nSPS) is 12.0. The van der Waals surface area contributed by atoms with Crippen molar-refractivity contribution in [2.45, 2.75) is 52.4 Å². The quantitative estimate of drug-likeness (QED) is 0.142. The van der Waals surface area contributed by atoms with Crippen LogP contribution < -0.4 is 15.4 Å². The van der Waals surface area contributed by atoms with Gasteiger partial charge in [-0.15, -0.1) is 0 Å². The summed E-state index contributed by atoms with van der Waals surface area (Å²) in [5, 5.41) is 11.3. The van der Waals surface area contributed by atoms with Gasteiger partial charge in [0, 0.05) is 11.1 Å². The summed E-state index contributed by atoms with van der Waals surface area (Å²) in [7, 11) is 0. The smallest absolute Gasteiger partial charge is 0.00611 e. The van der Waals surface area contributed by atoms with E-state index in [2.05, 4.69) is 225 Å². The number of pyridine rings is 1. The molecule has 2 N–H and O–H groups in total. The number of anilines is 4. The molecule has 0 aliphatic carbocycles. The molecule has 0 aliphatic rings. The number of nitrogens with zero attached hydrogens (tertiary/aromatic N) is 2. The molecule has 0 spiro atoms. The van der Waals surface area contributed by atoms with Crippen molar-refractivity contribution in [3.63, 3.8) is 0 Å². The fraction of sp³-hybridized carbons (Fsp3) is 0.140. The van der Waals surface area contributed by atoms with Gasteiger partial charge in [0.05, 0.1) is 17.1 Å². The minimum atomic E-state index is -0.474. The van der Waals surface area contributed by atoms with Gasteiger partial charge in [0.25, 0.3) is 0 Å². The Morgan fingerprint density at radius 1 is 0.508 bits per heavy atom. The first-order chi connectivity index (χ1) is 30.5. The van der Waals surface area contributed by atoms with Crippen molar-refractivity contribution in [1.82, 2.24) is 9.55 Å². The van der Waals surface area contributed by atoms with Crippen LogP contribution in [0.5, 0.6) is 11.5 Å². The van der Waals surface area contributed by atoms with Gasteiger partial charge in [-0.05, 0) is 46.4 Å². The molecule has 0 unspecified atom stereocenters. The number of nitrogens with one attached hydrogen (secondary N) is 2. The van der Waals surface area contributed by atoms with E-state index in [1.807, 2.05) is 12.1 Å². The summed E-state index contributed by atoms with van der Waals surface area (Å²) < 4.78 is 12.6. The number of fused-ring (bicyclic) bond motifs is 4. The maximum atomic E-state index is 6.70. The predicted octanol–water partition coefficient (Wildman–Crippen LogP) is 15.6. The minimum absolute atomic E-state index is 0.0139. The van der Waals surface area contributed by atoms with Gasteiger partial charge in [-0.25, -0.2) is 0 Å². The van der Waals surface area contributed by atoms with Crippen LogP contribution >= 0.6 is 0 Å². The number of rotatable bonds is 9. The van der Waals surface area contributed by atoms with E-state index in [1.165, 1.54) is 30.8 Å². The zero-order chi connectivity index (χ0) is 43.3. The number of aromatic nitrogens is 2. The number of para-hydroxylation sites is 3. The first-order valence-corrected chi connectivity index (χ1v) is 24.1. The number of benzene rings is 7. The Bertz CT molecular complexity index is 3220. The van der Waals surface area contributed by atoms with Crippen LogP contribution in [0.25, 0.3) is 58.8 Å². The summed E-state index contributed by atoms with van der Waals surface area (Å²) in [5.74, 6) is 2.47.